The fraction of sp³-hybridized carbons (Fsp3) is 0.500. The van der Waals surface area contributed by atoms with E-state index in [4.69, 9.17) is 4.74 Å². The Balaban J connectivity index is 1.47. The van der Waals surface area contributed by atoms with Gasteiger partial charge in [-0.05, 0) is 49.6 Å². The molecule has 0 spiro atoms. The first-order valence-electron chi connectivity index (χ1n) is 10.6. The van der Waals surface area contributed by atoms with Crippen LogP contribution in [0.4, 0.5) is 4.39 Å². The smallest absolute Gasteiger partial charge is 0.271 e. The molecule has 7 nitrogen and oxygen atoms in total. The van der Waals surface area contributed by atoms with Gasteiger partial charge in [-0.25, -0.2) is 4.39 Å². The number of nitrogens with zero attached hydrogens (tertiary/aromatic N) is 3. The van der Waals surface area contributed by atoms with E-state index in [2.05, 4.69) is 10.2 Å². The standard InChI is InChI=1S/C22H27FN4O3/c23-17-4-6-18(7-5-17)30-20-9-13-27(22(29)19-8-10-24-25-19)15-16(20)14-21(28)26-11-2-1-3-12-26/h4-8,10,16,20H,1-3,9,11-15H2,(H,24,25)/t16-,20-/m0/s1. The summed E-state index contributed by atoms with van der Waals surface area (Å²) >= 11 is 0. The van der Waals surface area contributed by atoms with E-state index in [1.165, 1.54) is 12.1 Å². The molecule has 160 valence electrons. The molecule has 1 aromatic heterocycles. The highest BCUT2D eigenvalue weighted by atomic mass is 19.1. The van der Waals surface area contributed by atoms with E-state index in [0.29, 0.717) is 37.4 Å². The summed E-state index contributed by atoms with van der Waals surface area (Å²) in [5.74, 6) is 0.112. The van der Waals surface area contributed by atoms with Gasteiger partial charge in [0.1, 0.15) is 23.4 Å². The van der Waals surface area contributed by atoms with Crippen molar-refractivity contribution >= 4 is 11.8 Å². The Kier molecular flexibility index (Phi) is 6.30. The lowest BCUT2D eigenvalue weighted by molar-refractivity contribution is -0.134. The van der Waals surface area contributed by atoms with E-state index in [-0.39, 0.29) is 29.7 Å². The Bertz CT molecular complexity index is 850. The Morgan fingerprint density at radius 2 is 1.83 bits per heavy atom. The third-order valence-electron chi connectivity index (χ3n) is 5.93. The summed E-state index contributed by atoms with van der Waals surface area (Å²) in [5, 5.41) is 6.57. The third kappa shape index (κ3) is 4.80. The first-order chi connectivity index (χ1) is 14.6. The molecule has 2 atom stereocenters. The van der Waals surface area contributed by atoms with Crippen molar-refractivity contribution in [3.63, 3.8) is 0 Å². The molecule has 1 N–H and O–H groups in total. The van der Waals surface area contributed by atoms with Crippen molar-refractivity contribution in [1.82, 2.24) is 20.0 Å². The number of nitrogens with one attached hydrogen (secondary N) is 1. The maximum absolute atomic E-state index is 13.2. The number of H-pyrrole nitrogens is 1. The van der Waals surface area contributed by atoms with Crippen molar-refractivity contribution in [1.29, 1.82) is 0 Å². The zero-order chi connectivity index (χ0) is 20.9. The molecule has 0 bridgehead atoms. The molecule has 0 unspecified atom stereocenters. The van der Waals surface area contributed by atoms with Gasteiger partial charge in [-0.2, -0.15) is 5.10 Å². The molecule has 2 amide bonds. The fourth-order valence-electron chi connectivity index (χ4n) is 4.28. The summed E-state index contributed by atoms with van der Waals surface area (Å²) in [6.07, 6.45) is 5.51. The maximum Gasteiger partial charge on any atom is 0.271 e. The Morgan fingerprint density at radius 3 is 2.53 bits per heavy atom. The van der Waals surface area contributed by atoms with Gasteiger partial charge in [-0.15, -0.1) is 0 Å². The van der Waals surface area contributed by atoms with Crippen LogP contribution in [0.3, 0.4) is 0 Å². The number of aromatic nitrogens is 2. The minimum absolute atomic E-state index is 0.114. The molecule has 2 aliphatic rings. The number of amides is 2. The number of piperidine rings is 2. The van der Waals surface area contributed by atoms with Crippen LogP contribution in [0.5, 0.6) is 5.75 Å². The van der Waals surface area contributed by atoms with Crippen LogP contribution < -0.4 is 4.74 Å². The number of hydrogen-bond donors (Lipinski definition) is 1. The minimum Gasteiger partial charge on any atom is -0.490 e. The summed E-state index contributed by atoms with van der Waals surface area (Å²) in [7, 11) is 0. The Hall–Kier alpha value is -2.90. The first-order valence-corrected chi connectivity index (χ1v) is 10.6. The zero-order valence-electron chi connectivity index (χ0n) is 16.9. The number of likely N-dealkylation sites (tertiary alicyclic amines) is 2. The highest BCUT2D eigenvalue weighted by Gasteiger charge is 2.36. The molecule has 3 heterocycles. The van der Waals surface area contributed by atoms with E-state index in [1.807, 2.05) is 4.90 Å². The van der Waals surface area contributed by atoms with Crippen LogP contribution in [0.15, 0.2) is 36.5 Å². The molecule has 0 aliphatic carbocycles. The van der Waals surface area contributed by atoms with Crippen molar-refractivity contribution in [2.75, 3.05) is 26.2 Å². The van der Waals surface area contributed by atoms with Crippen molar-refractivity contribution in [2.24, 2.45) is 5.92 Å². The number of ether oxygens (including phenoxy) is 1. The molecule has 0 radical (unpaired) electrons. The number of halogens is 1. The number of carbonyl (C=O) groups excluding carboxylic acids is 2. The largest absolute Gasteiger partial charge is 0.490 e. The fourth-order valence-corrected chi connectivity index (χ4v) is 4.28. The highest BCUT2D eigenvalue weighted by Crippen LogP contribution is 2.28. The number of benzene rings is 1. The highest BCUT2D eigenvalue weighted by molar-refractivity contribution is 5.92. The van der Waals surface area contributed by atoms with Crippen LogP contribution in [-0.2, 0) is 4.79 Å². The molecule has 8 heteroatoms. The Labute approximate surface area is 175 Å². The summed E-state index contributed by atoms with van der Waals surface area (Å²) in [6.45, 7) is 2.55. The SMILES string of the molecule is O=C(C[C@H]1CN(C(=O)c2ccn[nH]2)CC[C@@H]1Oc1ccc(F)cc1)N1CCCCC1. The minimum atomic E-state index is -0.320. The number of carbonyl (C=O) groups is 2. The maximum atomic E-state index is 13.2. The van der Waals surface area contributed by atoms with Crippen molar-refractivity contribution < 1.29 is 18.7 Å². The van der Waals surface area contributed by atoms with Gasteiger partial charge in [0, 0.05) is 51.1 Å². The molecule has 2 saturated heterocycles. The molecule has 2 aliphatic heterocycles. The molecular weight excluding hydrogens is 387 g/mol. The second-order valence-electron chi connectivity index (χ2n) is 8.03. The summed E-state index contributed by atoms with van der Waals surface area (Å²) in [6, 6.07) is 7.57. The molecule has 0 saturated carbocycles. The van der Waals surface area contributed by atoms with Gasteiger partial charge in [0.05, 0.1) is 0 Å². The van der Waals surface area contributed by atoms with Crippen LogP contribution in [-0.4, -0.2) is 64.1 Å². The third-order valence-corrected chi connectivity index (χ3v) is 5.93. The lowest BCUT2D eigenvalue weighted by atomic mass is 9.90. The number of aromatic amines is 1. The van der Waals surface area contributed by atoms with Crippen LogP contribution in [0.25, 0.3) is 0 Å². The number of hydrogen-bond acceptors (Lipinski definition) is 4. The molecule has 4 rings (SSSR count). The molecule has 1 aromatic carbocycles. The normalized spacial score (nSPS) is 22.0. The molecular formula is C22H27FN4O3. The average molecular weight is 414 g/mol. The van der Waals surface area contributed by atoms with Gasteiger partial charge >= 0.3 is 0 Å². The summed E-state index contributed by atoms with van der Waals surface area (Å²) in [5.41, 5.74) is 0.439. The van der Waals surface area contributed by atoms with Crippen LogP contribution in [0.2, 0.25) is 0 Å². The van der Waals surface area contributed by atoms with E-state index >= 15 is 0 Å². The van der Waals surface area contributed by atoms with E-state index < -0.39 is 0 Å². The number of rotatable bonds is 5. The zero-order valence-corrected chi connectivity index (χ0v) is 16.9. The van der Waals surface area contributed by atoms with Crippen LogP contribution in [0, 0.1) is 11.7 Å². The van der Waals surface area contributed by atoms with Crippen molar-refractivity contribution in [2.45, 2.75) is 38.2 Å². The Morgan fingerprint density at radius 1 is 1.07 bits per heavy atom. The van der Waals surface area contributed by atoms with Crippen molar-refractivity contribution in [3.8, 4) is 5.75 Å². The molecule has 2 aromatic rings. The van der Waals surface area contributed by atoms with Gasteiger partial charge in [0.15, 0.2) is 0 Å². The van der Waals surface area contributed by atoms with Gasteiger partial charge in [0.25, 0.3) is 5.91 Å². The predicted molar refractivity (Wildman–Crippen MR) is 108 cm³/mol. The average Bonchev–Trinajstić information content (AvgIpc) is 3.31. The predicted octanol–water partition coefficient (Wildman–Crippen LogP) is 2.86. The van der Waals surface area contributed by atoms with Gasteiger partial charge < -0.3 is 14.5 Å². The second-order valence-corrected chi connectivity index (χ2v) is 8.03. The van der Waals surface area contributed by atoms with Gasteiger partial charge in [-0.3, -0.25) is 14.7 Å². The van der Waals surface area contributed by atoms with Crippen molar-refractivity contribution in [3.05, 3.63) is 48.0 Å². The topological polar surface area (TPSA) is 78.5 Å². The first kappa shape index (κ1) is 20.4. The van der Waals surface area contributed by atoms with E-state index in [1.54, 1.807) is 29.3 Å². The van der Waals surface area contributed by atoms with Gasteiger partial charge in [0.2, 0.25) is 5.91 Å². The van der Waals surface area contributed by atoms with E-state index in [0.717, 1.165) is 32.4 Å². The van der Waals surface area contributed by atoms with Gasteiger partial charge in [-0.1, -0.05) is 0 Å². The van der Waals surface area contributed by atoms with E-state index in [9.17, 15) is 14.0 Å². The van der Waals surface area contributed by atoms with Crippen LogP contribution >= 0.6 is 0 Å². The quantitative estimate of drug-likeness (QED) is 0.816. The molecule has 2 fully saturated rings. The summed E-state index contributed by atoms with van der Waals surface area (Å²) < 4.78 is 19.4. The molecule has 30 heavy (non-hydrogen) atoms. The second kappa shape index (κ2) is 9.28. The lowest BCUT2D eigenvalue weighted by Gasteiger charge is -2.39. The summed E-state index contributed by atoms with van der Waals surface area (Å²) in [4.78, 5) is 29.4. The monoisotopic (exact) mass is 414 g/mol. The lowest BCUT2D eigenvalue weighted by Crippen LogP contribution is -2.50. The van der Waals surface area contributed by atoms with Crippen LogP contribution in [0.1, 0.15) is 42.6 Å².